The van der Waals surface area contributed by atoms with Crippen molar-refractivity contribution in [2.75, 3.05) is 4.90 Å². The molecule has 0 atom stereocenters. The van der Waals surface area contributed by atoms with Crippen molar-refractivity contribution in [1.82, 2.24) is 0 Å². The average Bonchev–Trinajstić information content (AvgIpc) is 3.53. The highest BCUT2D eigenvalue weighted by atomic mass is 16.3. The third kappa shape index (κ3) is 4.27. The van der Waals surface area contributed by atoms with Gasteiger partial charge in [0.25, 0.3) is 0 Å². The highest BCUT2D eigenvalue weighted by Gasteiger charge is 2.24. The summed E-state index contributed by atoms with van der Waals surface area (Å²) >= 11 is 0. The summed E-state index contributed by atoms with van der Waals surface area (Å²) in [4.78, 5) is 2.41. The fourth-order valence-corrected chi connectivity index (χ4v) is 6.92. The van der Waals surface area contributed by atoms with Crippen molar-refractivity contribution in [2.45, 2.75) is 0 Å². The minimum Gasteiger partial charge on any atom is -0.455 e. The summed E-state index contributed by atoms with van der Waals surface area (Å²) in [5, 5.41) is 7.15. The van der Waals surface area contributed by atoms with Gasteiger partial charge in [-0.2, -0.15) is 0 Å². The van der Waals surface area contributed by atoms with Crippen LogP contribution in [0.4, 0.5) is 17.1 Å². The standard InChI is InChI=1S/C44H29NO/c1-3-13-30(14-4-1)37-19-9-11-21-40(37)45(34-25-26-36-33(29-34)24-23-32-17-7-8-18-35(32)36)41-28-27-38(31-15-5-2-6-16-31)44-43(41)39-20-10-12-22-42(39)46-44/h1-29H. The fraction of sp³-hybridized carbons (Fsp3) is 0. The maximum Gasteiger partial charge on any atom is 0.145 e. The van der Waals surface area contributed by atoms with E-state index in [1.165, 1.54) is 27.1 Å². The van der Waals surface area contributed by atoms with Crippen molar-refractivity contribution >= 4 is 60.5 Å². The van der Waals surface area contributed by atoms with Crippen LogP contribution in [0.3, 0.4) is 0 Å². The number of anilines is 3. The third-order valence-corrected chi connectivity index (χ3v) is 9.05. The van der Waals surface area contributed by atoms with Crippen LogP contribution >= 0.6 is 0 Å². The maximum absolute atomic E-state index is 6.71. The Morgan fingerprint density at radius 2 is 1.02 bits per heavy atom. The number of hydrogen-bond acceptors (Lipinski definition) is 2. The molecule has 1 aromatic heterocycles. The van der Waals surface area contributed by atoms with Crippen LogP contribution in [0.1, 0.15) is 0 Å². The lowest BCUT2D eigenvalue weighted by Crippen LogP contribution is -2.11. The van der Waals surface area contributed by atoms with E-state index in [1.54, 1.807) is 0 Å². The zero-order chi connectivity index (χ0) is 30.5. The van der Waals surface area contributed by atoms with E-state index in [0.29, 0.717) is 0 Å². The molecule has 8 aromatic carbocycles. The predicted molar refractivity (Wildman–Crippen MR) is 194 cm³/mol. The second-order valence-electron chi connectivity index (χ2n) is 11.7. The van der Waals surface area contributed by atoms with Crippen molar-refractivity contribution in [2.24, 2.45) is 0 Å². The summed E-state index contributed by atoms with van der Waals surface area (Å²) in [6.07, 6.45) is 0. The number of rotatable bonds is 5. The normalized spacial score (nSPS) is 11.5. The van der Waals surface area contributed by atoms with Crippen LogP contribution in [0, 0.1) is 0 Å². The van der Waals surface area contributed by atoms with Gasteiger partial charge in [0.1, 0.15) is 11.2 Å². The Balaban J connectivity index is 1.37. The van der Waals surface area contributed by atoms with Crippen LogP contribution in [-0.4, -0.2) is 0 Å². The minimum absolute atomic E-state index is 0.878. The van der Waals surface area contributed by atoms with E-state index >= 15 is 0 Å². The maximum atomic E-state index is 6.71. The molecule has 0 aliphatic heterocycles. The summed E-state index contributed by atoms with van der Waals surface area (Å²) in [7, 11) is 0. The predicted octanol–water partition coefficient (Wildman–Crippen LogP) is 12.7. The Kier molecular flexibility index (Phi) is 6.17. The smallest absolute Gasteiger partial charge is 0.145 e. The first-order valence-electron chi connectivity index (χ1n) is 15.7. The van der Waals surface area contributed by atoms with Crippen LogP contribution in [0.5, 0.6) is 0 Å². The van der Waals surface area contributed by atoms with Gasteiger partial charge in [-0.15, -0.1) is 0 Å². The van der Waals surface area contributed by atoms with Crippen molar-refractivity contribution in [3.63, 3.8) is 0 Å². The molecule has 0 saturated carbocycles. The van der Waals surface area contributed by atoms with Gasteiger partial charge in [-0.25, -0.2) is 0 Å². The lowest BCUT2D eigenvalue weighted by atomic mass is 9.97. The summed E-state index contributed by atoms with van der Waals surface area (Å²) in [5.41, 5.74) is 9.58. The van der Waals surface area contributed by atoms with E-state index < -0.39 is 0 Å². The van der Waals surface area contributed by atoms with Crippen LogP contribution in [0.2, 0.25) is 0 Å². The molecule has 0 unspecified atom stereocenters. The molecular formula is C44H29NO. The third-order valence-electron chi connectivity index (χ3n) is 9.05. The van der Waals surface area contributed by atoms with Crippen molar-refractivity contribution in [1.29, 1.82) is 0 Å². The summed E-state index contributed by atoms with van der Waals surface area (Å²) in [6, 6.07) is 62.7. The highest BCUT2D eigenvalue weighted by molar-refractivity contribution is 6.18. The molecule has 0 bridgehead atoms. The van der Waals surface area contributed by atoms with Crippen LogP contribution < -0.4 is 4.90 Å². The molecule has 0 N–H and O–H groups in total. The molecule has 1 heterocycles. The minimum atomic E-state index is 0.878. The van der Waals surface area contributed by atoms with Crippen LogP contribution in [0.15, 0.2) is 180 Å². The Morgan fingerprint density at radius 3 is 1.85 bits per heavy atom. The van der Waals surface area contributed by atoms with Crippen LogP contribution in [-0.2, 0) is 0 Å². The van der Waals surface area contributed by atoms with Gasteiger partial charge in [-0.3, -0.25) is 0 Å². The molecule has 0 aliphatic carbocycles. The second kappa shape index (κ2) is 10.8. The van der Waals surface area contributed by atoms with Gasteiger partial charge in [-0.05, 0) is 69.1 Å². The molecule has 0 radical (unpaired) electrons. The number of nitrogens with zero attached hydrogens (tertiary/aromatic N) is 1. The molecule has 0 aliphatic rings. The summed E-state index contributed by atoms with van der Waals surface area (Å²) in [5.74, 6) is 0. The highest BCUT2D eigenvalue weighted by Crippen LogP contribution is 2.48. The van der Waals surface area contributed by atoms with E-state index in [4.69, 9.17) is 4.42 Å². The molecular weight excluding hydrogens is 558 g/mol. The Bertz CT molecular complexity index is 2530. The van der Waals surface area contributed by atoms with Gasteiger partial charge in [0, 0.05) is 22.2 Å². The molecule has 0 spiro atoms. The monoisotopic (exact) mass is 587 g/mol. The first-order chi connectivity index (χ1) is 22.8. The van der Waals surface area contributed by atoms with Gasteiger partial charge in [0.2, 0.25) is 0 Å². The number of fused-ring (bicyclic) bond motifs is 6. The molecule has 0 fully saturated rings. The van der Waals surface area contributed by atoms with Gasteiger partial charge < -0.3 is 9.32 Å². The molecule has 0 amide bonds. The first kappa shape index (κ1) is 26.3. The largest absolute Gasteiger partial charge is 0.455 e. The average molecular weight is 588 g/mol. The molecule has 9 aromatic rings. The fourth-order valence-electron chi connectivity index (χ4n) is 6.92. The van der Waals surface area contributed by atoms with E-state index in [2.05, 4.69) is 175 Å². The summed E-state index contributed by atoms with van der Waals surface area (Å²) in [6.45, 7) is 0. The lowest BCUT2D eigenvalue weighted by molar-refractivity contribution is 0.670. The molecule has 9 rings (SSSR count). The van der Waals surface area contributed by atoms with Crippen molar-refractivity contribution in [3.8, 4) is 22.3 Å². The van der Waals surface area contributed by atoms with E-state index in [-0.39, 0.29) is 0 Å². The molecule has 216 valence electrons. The molecule has 0 saturated heterocycles. The Hall–Kier alpha value is -6.12. The number of benzene rings is 8. The van der Waals surface area contributed by atoms with Crippen molar-refractivity contribution in [3.05, 3.63) is 176 Å². The van der Waals surface area contributed by atoms with Gasteiger partial charge >= 0.3 is 0 Å². The number of hydrogen-bond donors (Lipinski definition) is 0. The quantitative estimate of drug-likeness (QED) is 0.186. The van der Waals surface area contributed by atoms with E-state index in [9.17, 15) is 0 Å². The topological polar surface area (TPSA) is 16.4 Å². The summed E-state index contributed by atoms with van der Waals surface area (Å²) < 4.78 is 6.71. The van der Waals surface area contributed by atoms with Gasteiger partial charge in [-0.1, -0.05) is 140 Å². The lowest BCUT2D eigenvalue weighted by Gasteiger charge is -2.29. The van der Waals surface area contributed by atoms with E-state index in [1.807, 2.05) is 6.07 Å². The van der Waals surface area contributed by atoms with Crippen LogP contribution in [0.25, 0.3) is 65.7 Å². The second-order valence-corrected chi connectivity index (χ2v) is 11.7. The molecule has 46 heavy (non-hydrogen) atoms. The number of furan rings is 1. The SMILES string of the molecule is c1ccc(-c2ccccc2N(c2ccc3c(ccc4ccccc43)c2)c2ccc(-c3ccccc3)c3oc4ccccc4c23)cc1. The molecule has 2 heteroatoms. The van der Waals surface area contributed by atoms with E-state index in [0.717, 1.165) is 55.7 Å². The Morgan fingerprint density at radius 1 is 0.391 bits per heavy atom. The first-order valence-corrected chi connectivity index (χ1v) is 15.7. The zero-order valence-electron chi connectivity index (χ0n) is 25.1. The van der Waals surface area contributed by atoms with Crippen molar-refractivity contribution < 1.29 is 4.42 Å². The van der Waals surface area contributed by atoms with Gasteiger partial charge in [0.15, 0.2) is 0 Å². The number of para-hydroxylation sites is 2. The molecule has 2 nitrogen and oxygen atoms in total. The Labute approximate surface area is 267 Å². The zero-order valence-corrected chi connectivity index (χ0v) is 25.1. The van der Waals surface area contributed by atoms with Gasteiger partial charge in [0.05, 0.1) is 16.8 Å².